The molecule has 0 radical (unpaired) electrons. The molecule has 6 nitrogen and oxygen atoms in total. The minimum absolute atomic E-state index is 0.0107. The second-order valence-electron chi connectivity index (χ2n) is 6.93. The fourth-order valence-corrected chi connectivity index (χ4v) is 4.53. The largest absolute Gasteiger partial charge is 0.343 e. The molecule has 8 heteroatoms. The highest BCUT2D eigenvalue weighted by Crippen LogP contribution is 2.23. The first-order chi connectivity index (χ1) is 14.1. The highest BCUT2D eigenvalue weighted by molar-refractivity contribution is 7.18. The summed E-state index contributed by atoms with van der Waals surface area (Å²) < 4.78 is 1.20. The van der Waals surface area contributed by atoms with Crippen LogP contribution >= 0.6 is 22.9 Å². The Labute approximate surface area is 178 Å². The van der Waals surface area contributed by atoms with Gasteiger partial charge in [0.1, 0.15) is 5.01 Å². The van der Waals surface area contributed by atoms with Gasteiger partial charge in [0.05, 0.1) is 23.3 Å². The molecule has 2 heterocycles. The third kappa shape index (κ3) is 4.93. The van der Waals surface area contributed by atoms with Crippen LogP contribution in [0.1, 0.15) is 15.4 Å². The van der Waals surface area contributed by atoms with Gasteiger partial charge in [-0.05, 0) is 30.3 Å². The van der Waals surface area contributed by atoms with Crippen LogP contribution in [-0.4, -0.2) is 59.3 Å². The number of fused-ring (bicyclic) bond motifs is 1. The maximum atomic E-state index is 12.4. The van der Waals surface area contributed by atoms with E-state index in [0.29, 0.717) is 23.7 Å². The fraction of sp³-hybridized carbons (Fsp3) is 0.286. The van der Waals surface area contributed by atoms with Gasteiger partial charge in [-0.25, -0.2) is 4.98 Å². The van der Waals surface area contributed by atoms with Crippen molar-refractivity contribution in [1.82, 2.24) is 20.1 Å². The molecule has 1 saturated heterocycles. The van der Waals surface area contributed by atoms with E-state index in [4.69, 9.17) is 11.6 Å². The zero-order valence-electron chi connectivity index (χ0n) is 15.8. The van der Waals surface area contributed by atoms with E-state index in [2.05, 4.69) is 21.3 Å². The smallest absolute Gasteiger partial charge is 0.251 e. The van der Waals surface area contributed by atoms with E-state index in [1.165, 1.54) is 4.70 Å². The van der Waals surface area contributed by atoms with E-state index in [9.17, 15) is 9.59 Å². The molecular formula is C21H21ClN4O2S. The van der Waals surface area contributed by atoms with Crippen LogP contribution in [0.4, 0.5) is 0 Å². The fourth-order valence-electron chi connectivity index (χ4n) is 3.33. The Morgan fingerprint density at radius 3 is 2.62 bits per heavy atom. The number of piperazine rings is 1. The minimum Gasteiger partial charge on any atom is -0.343 e. The van der Waals surface area contributed by atoms with Crippen molar-refractivity contribution in [2.45, 2.75) is 6.54 Å². The predicted octanol–water partition coefficient (Wildman–Crippen LogP) is 3.02. The van der Waals surface area contributed by atoms with Crippen molar-refractivity contribution in [3.8, 4) is 0 Å². The number of carbonyl (C=O) groups excluding carboxylic acids is 2. The molecule has 1 aliphatic rings. The van der Waals surface area contributed by atoms with Crippen molar-refractivity contribution in [1.29, 1.82) is 0 Å². The summed E-state index contributed by atoms with van der Waals surface area (Å²) in [6.07, 6.45) is 0. The zero-order valence-corrected chi connectivity index (χ0v) is 17.4. The predicted molar refractivity (Wildman–Crippen MR) is 115 cm³/mol. The Balaban J connectivity index is 1.24. The Morgan fingerprint density at radius 2 is 1.86 bits per heavy atom. The maximum absolute atomic E-state index is 12.4. The van der Waals surface area contributed by atoms with E-state index in [0.717, 1.165) is 30.2 Å². The van der Waals surface area contributed by atoms with Crippen molar-refractivity contribution < 1.29 is 9.59 Å². The number of para-hydroxylation sites is 1. The van der Waals surface area contributed by atoms with Crippen molar-refractivity contribution in [2.75, 3.05) is 32.7 Å². The van der Waals surface area contributed by atoms with Gasteiger partial charge in [-0.2, -0.15) is 0 Å². The standard InChI is InChI=1S/C21H21ClN4O2S/c22-16-5-3-4-15(12-16)21(28)23-13-20(27)26-10-8-25(9-11-26)14-19-24-17-6-1-2-7-18(17)29-19/h1-7,12H,8-11,13-14H2,(H,23,28). The molecule has 4 rings (SSSR count). The molecule has 1 aliphatic heterocycles. The molecule has 0 spiro atoms. The summed E-state index contributed by atoms with van der Waals surface area (Å²) in [7, 11) is 0. The number of nitrogens with zero attached hydrogens (tertiary/aromatic N) is 3. The summed E-state index contributed by atoms with van der Waals surface area (Å²) in [5.41, 5.74) is 1.49. The number of carbonyl (C=O) groups is 2. The number of benzene rings is 2. The van der Waals surface area contributed by atoms with Gasteiger partial charge < -0.3 is 10.2 Å². The Morgan fingerprint density at radius 1 is 1.07 bits per heavy atom. The molecule has 2 amide bonds. The number of thiazole rings is 1. The van der Waals surface area contributed by atoms with Gasteiger partial charge in [0.15, 0.2) is 0 Å². The van der Waals surface area contributed by atoms with Gasteiger partial charge in [-0.15, -0.1) is 11.3 Å². The van der Waals surface area contributed by atoms with Crippen molar-refractivity contribution in [3.63, 3.8) is 0 Å². The highest BCUT2D eigenvalue weighted by atomic mass is 35.5. The summed E-state index contributed by atoms with van der Waals surface area (Å²) in [6.45, 7) is 3.68. The second kappa shape index (κ2) is 8.90. The number of amides is 2. The summed E-state index contributed by atoms with van der Waals surface area (Å²) in [5.74, 6) is -0.365. The third-order valence-corrected chi connectivity index (χ3v) is 6.17. The molecule has 1 fully saturated rings. The van der Waals surface area contributed by atoms with Gasteiger partial charge in [0.2, 0.25) is 5.91 Å². The summed E-state index contributed by atoms with van der Waals surface area (Å²) in [6, 6.07) is 14.8. The zero-order chi connectivity index (χ0) is 20.2. The first-order valence-corrected chi connectivity index (χ1v) is 10.7. The van der Waals surface area contributed by atoms with Crippen LogP contribution < -0.4 is 5.32 Å². The average Bonchev–Trinajstić information content (AvgIpc) is 3.14. The van der Waals surface area contributed by atoms with Crippen LogP contribution in [-0.2, 0) is 11.3 Å². The Hall–Kier alpha value is -2.48. The molecule has 0 bridgehead atoms. The number of hydrogen-bond acceptors (Lipinski definition) is 5. The normalized spacial score (nSPS) is 14.9. The lowest BCUT2D eigenvalue weighted by Crippen LogP contribution is -2.50. The van der Waals surface area contributed by atoms with Crippen LogP contribution in [0.5, 0.6) is 0 Å². The van der Waals surface area contributed by atoms with E-state index >= 15 is 0 Å². The molecular weight excluding hydrogens is 408 g/mol. The average molecular weight is 429 g/mol. The van der Waals surface area contributed by atoms with Crippen molar-refractivity contribution in [3.05, 3.63) is 64.1 Å². The number of rotatable bonds is 5. The van der Waals surface area contributed by atoms with E-state index in [1.54, 1.807) is 40.5 Å². The lowest BCUT2D eigenvalue weighted by molar-refractivity contribution is -0.131. The van der Waals surface area contributed by atoms with Crippen LogP contribution in [0.25, 0.3) is 10.2 Å². The Bertz CT molecular complexity index is 997. The van der Waals surface area contributed by atoms with Crippen LogP contribution in [0, 0.1) is 0 Å². The van der Waals surface area contributed by atoms with Gasteiger partial charge in [-0.1, -0.05) is 29.8 Å². The molecule has 29 heavy (non-hydrogen) atoms. The highest BCUT2D eigenvalue weighted by Gasteiger charge is 2.22. The van der Waals surface area contributed by atoms with Crippen LogP contribution in [0.15, 0.2) is 48.5 Å². The molecule has 0 unspecified atom stereocenters. The van der Waals surface area contributed by atoms with Crippen molar-refractivity contribution in [2.24, 2.45) is 0 Å². The molecule has 3 aromatic rings. The van der Waals surface area contributed by atoms with Gasteiger partial charge in [0.25, 0.3) is 5.91 Å². The molecule has 0 aliphatic carbocycles. The molecule has 1 N–H and O–H groups in total. The first-order valence-electron chi connectivity index (χ1n) is 9.47. The molecule has 150 valence electrons. The molecule has 1 aromatic heterocycles. The van der Waals surface area contributed by atoms with Crippen LogP contribution in [0.2, 0.25) is 5.02 Å². The van der Waals surface area contributed by atoms with Gasteiger partial charge in [-0.3, -0.25) is 14.5 Å². The van der Waals surface area contributed by atoms with Crippen molar-refractivity contribution >= 4 is 45.0 Å². The van der Waals surface area contributed by atoms with Crippen LogP contribution in [0.3, 0.4) is 0 Å². The maximum Gasteiger partial charge on any atom is 0.251 e. The minimum atomic E-state index is -0.296. The van der Waals surface area contributed by atoms with E-state index in [-0.39, 0.29) is 18.4 Å². The lowest BCUT2D eigenvalue weighted by Gasteiger charge is -2.34. The van der Waals surface area contributed by atoms with Gasteiger partial charge in [0, 0.05) is 36.8 Å². The monoisotopic (exact) mass is 428 g/mol. The number of nitrogens with one attached hydrogen (secondary N) is 1. The summed E-state index contributed by atoms with van der Waals surface area (Å²) in [5, 5.41) is 4.27. The first kappa shape index (κ1) is 19.8. The van der Waals surface area contributed by atoms with E-state index < -0.39 is 0 Å². The molecule has 2 aromatic carbocycles. The molecule has 0 atom stereocenters. The van der Waals surface area contributed by atoms with Gasteiger partial charge >= 0.3 is 0 Å². The van der Waals surface area contributed by atoms with E-state index in [1.807, 2.05) is 18.2 Å². The quantitative estimate of drug-likeness (QED) is 0.678. The second-order valence-corrected chi connectivity index (χ2v) is 8.48. The summed E-state index contributed by atoms with van der Waals surface area (Å²) in [4.78, 5) is 33.4. The Kier molecular flexibility index (Phi) is 6.08. The number of hydrogen-bond donors (Lipinski definition) is 1. The summed E-state index contributed by atoms with van der Waals surface area (Å²) >= 11 is 7.62. The molecule has 0 saturated carbocycles. The number of halogens is 1. The lowest BCUT2D eigenvalue weighted by atomic mass is 10.2. The number of aromatic nitrogens is 1. The SMILES string of the molecule is O=C(NCC(=O)N1CCN(Cc2nc3ccccc3s2)CC1)c1cccc(Cl)c1. The third-order valence-electron chi connectivity index (χ3n) is 4.91. The topological polar surface area (TPSA) is 65.5 Å².